The first-order valence-corrected chi connectivity index (χ1v) is 6.83. The molecule has 0 radical (unpaired) electrons. The van der Waals surface area contributed by atoms with E-state index in [1.165, 1.54) is 5.56 Å². The van der Waals surface area contributed by atoms with E-state index in [1.54, 1.807) is 0 Å². The second kappa shape index (κ2) is 6.17. The Morgan fingerprint density at radius 2 is 2.21 bits per heavy atom. The zero-order chi connectivity index (χ0) is 13.8. The number of hydrogen-bond acceptors (Lipinski definition) is 3. The predicted molar refractivity (Wildman–Crippen MR) is 76.3 cm³/mol. The summed E-state index contributed by atoms with van der Waals surface area (Å²) in [7, 11) is 1.87. The highest BCUT2D eigenvalue weighted by Gasteiger charge is 2.23. The van der Waals surface area contributed by atoms with Crippen molar-refractivity contribution in [1.29, 1.82) is 0 Å². The Morgan fingerprint density at radius 3 is 2.95 bits per heavy atom. The van der Waals surface area contributed by atoms with Crippen molar-refractivity contribution in [3.63, 3.8) is 0 Å². The fraction of sp³-hybridized carbons (Fsp3) is 0.533. The summed E-state index contributed by atoms with van der Waals surface area (Å²) >= 11 is 0. The largest absolute Gasteiger partial charge is 0.395 e. The lowest BCUT2D eigenvalue weighted by atomic mass is 10.0. The average Bonchev–Trinajstić information content (AvgIpc) is 2.45. The molecule has 1 aliphatic rings. The van der Waals surface area contributed by atoms with Crippen LogP contribution >= 0.6 is 0 Å². The number of para-hydroxylation sites is 1. The van der Waals surface area contributed by atoms with Crippen LogP contribution in [0.3, 0.4) is 0 Å². The average molecular weight is 262 g/mol. The van der Waals surface area contributed by atoms with E-state index in [0.29, 0.717) is 6.54 Å². The van der Waals surface area contributed by atoms with Crippen molar-refractivity contribution >= 4 is 11.6 Å². The van der Waals surface area contributed by atoms with Crippen molar-refractivity contribution in [2.45, 2.75) is 25.8 Å². The Balaban J connectivity index is 2.09. The molecular weight excluding hydrogens is 240 g/mol. The van der Waals surface area contributed by atoms with Crippen LogP contribution in [0.5, 0.6) is 0 Å². The van der Waals surface area contributed by atoms with Crippen LogP contribution in [0, 0.1) is 0 Å². The monoisotopic (exact) mass is 262 g/mol. The normalized spacial score (nSPS) is 16.3. The molecule has 2 rings (SSSR count). The summed E-state index contributed by atoms with van der Waals surface area (Å²) in [4.78, 5) is 16.2. The lowest BCUT2D eigenvalue weighted by Gasteiger charge is -2.32. The number of nitrogens with zero attached hydrogens (tertiary/aromatic N) is 2. The third kappa shape index (κ3) is 3.14. The van der Waals surface area contributed by atoms with Crippen LogP contribution in [0.15, 0.2) is 24.3 Å². The minimum atomic E-state index is 0.00369. The number of likely N-dealkylation sites (N-methyl/N-ethyl adjacent to an activating group) is 1. The molecule has 1 unspecified atom stereocenters. The number of anilines is 1. The van der Waals surface area contributed by atoms with Gasteiger partial charge in [0.2, 0.25) is 5.91 Å². The van der Waals surface area contributed by atoms with Crippen molar-refractivity contribution in [2.75, 3.05) is 31.6 Å². The highest BCUT2D eigenvalue weighted by Crippen LogP contribution is 2.26. The molecule has 104 valence electrons. The van der Waals surface area contributed by atoms with Gasteiger partial charge in [-0.15, -0.1) is 0 Å². The molecule has 0 spiro atoms. The van der Waals surface area contributed by atoms with Crippen LogP contribution in [0.2, 0.25) is 0 Å². The van der Waals surface area contributed by atoms with Crippen molar-refractivity contribution < 1.29 is 9.90 Å². The number of fused-ring (bicyclic) bond motifs is 1. The minimum Gasteiger partial charge on any atom is -0.395 e. The molecule has 1 aromatic rings. The van der Waals surface area contributed by atoms with Gasteiger partial charge in [-0.05, 0) is 38.4 Å². The van der Waals surface area contributed by atoms with Crippen LogP contribution in [0.4, 0.5) is 5.69 Å². The van der Waals surface area contributed by atoms with Gasteiger partial charge in [-0.2, -0.15) is 0 Å². The van der Waals surface area contributed by atoms with Gasteiger partial charge >= 0.3 is 0 Å². The van der Waals surface area contributed by atoms with Gasteiger partial charge in [0.1, 0.15) is 0 Å². The van der Waals surface area contributed by atoms with E-state index < -0.39 is 0 Å². The van der Waals surface area contributed by atoms with Crippen molar-refractivity contribution in [3.8, 4) is 0 Å². The molecular formula is C15H22N2O2. The first kappa shape index (κ1) is 14.0. The molecule has 0 bridgehead atoms. The topological polar surface area (TPSA) is 43.8 Å². The first-order chi connectivity index (χ1) is 9.13. The number of carbonyl (C=O) groups excluding carboxylic acids is 1. The Bertz CT molecular complexity index is 448. The quantitative estimate of drug-likeness (QED) is 0.889. The maximum absolute atomic E-state index is 12.4. The maximum atomic E-state index is 12.4. The minimum absolute atomic E-state index is 0.00369. The fourth-order valence-electron chi connectivity index (χ4n) is 2.39. The maximum Gasteiger partial charge on any atom is 0.241 e. The second-order valence-electron chi connectivity index (χ2n) is 5.22. The Labute approximate surface area is 114 Å². The Hall–Kier alpha value is -1.39. The van der Waals surface area contributed by atoms with Crippen molar-refractivity contribution in [1.82, 2.24) is 4.90 Å². The van der Waals surface area contributed by atoms with Gasteiger partial charge in [-0.1, -0.05) is 18.2 Å². The van der Waals surface area contributed by atoms with E-state index in [2.05, 4.69) is 6.07 Å². The number of aliphatic hydroxyl groups is 1. The molecule has 1 amide bonds. The molecule has 1 heterocycles. The number of carbonyl (C=O) groups is 1. The van der Waals surface area contributed by atoms with Gasteiger partial charge in [-0.25, -0.2) is 0 Å². The zero-order valence-electron chi connectivity index (χ0n) is 11.7. The van der Waals surface area contributed by atoms with E-state index in [1.807, 2.05) is 42.0 Å². The highest BCUT2D eigenvalue weighted by atomic mass is 16.3. The van der Waals surface area contributed by atoms with E-state index >= 15 is 0 Å². The van der Waals surface area contributed by atoms with E-state index in [9.17, 15) is 4.79 Å². The summed E-state index contributed by atoms with van der Waals surface area (Å²) in [5.74, 6) is 0.106. The Kier molecular flexibility index (Phi) is 4.56. The second-order valence-corrected chi connectivity index (χ2v) is 5.22. The number of aryl methyl sites for hydroxylation is 1. The van der Waals surface area contributed by atoms with Gasteiger partial charge in [-0.3, -0.25) is 9.69 Å². The van der Waals surface area contributed by atoms with Crippen LogP contribution < -0.4 is 4.90 Å². The van der Waals surface area contributed by atoms with E-state index in [4.69, 9.17) is 5.11 Å². The van der Waals surface area contributed by atoms with Crippen molar-refractivity contribution in [3.05, 3.63) is 29.8 Å². The molecule has 19 heavy (non-hydrogen) atoms. The molecule has 1 atom stereocenters. The summed E-state index contributed by atoms with van der Waals surface area (Å²) in [6, 6.07) is 8.11. The summed E-state index contributed by atoms with van der Waals surface area (Å²) in [5, 5.41) is 9.12. The molecule has 0 aromatic heterocycles. The van der Waals surface area contributed by atoms with Gasteiger partial charge in [0.15, 0.2) is 0 Å². The molecule has 0 fully saturated rings. The number of benzene rings is 1. The Morgan fingerprint density at radius 1 is 1.47 bits per heavy atom. The molecule has 1 N–H and O–H groups in total. The third-order valence-corrected chi connectivity index (χ3v) is 3.81. The molecule has 0 saturated heterocycles. The van der Waals surface area contributed by atoms with Crippen molar-refractivity contribution in [2.24, 2.45) is 0 Å². The van der Waals surface area contributed by atoms with Crippen LogP contribution in [-0.4, -0.2) is 48.7 Å². The summed E-state index contributed by atoms with van der Waals surface area (Å²) < 4.78 is 0. The first-order valence-electron chi connectivity index (χ1n) is 6.83. The van der Waals surface area contributed by atoms with E-state index in [0.717, 1.165) is 25.1 Å². The standard InChI is InChI=1S/C15H22N2O2/c1-12(11-18)16(2)10-15(19)17-9-5-7-13-6-3-4-8-14(13)17/h3-4,6,8,12,18H,5,7,9-11H2,1-2H3. The number of rotatable bonds is 4. The fourth-order valence-corrected chi connectivity index (χ4v) is 2.39. The third-order valence-electron chi connectivity index (χ3n) is 3.81. The molecule has 1 aliphatic heterocycles. The summed E-state index contributed by atoms with van der Waals surface area (Å²) in [6.07, 6.45) is 2.06. The van der Waals surface area contributed by atoms with Gasteiger partial charge in [0.25, 0.3) is 0 Å². The number of hydrogen-bond donors (Lipinski definition) is 1. The zero-order valence-corrected chi connectivity index (χ0v) is 11.7. The van der Waals surface area contributed by atoms with Crippen LogP contribution in [-0.2, 0) is 11.2 Å². The predicted octanol–water partition coefficient (Wildman–Crippen LogP) is 1.28. The molecule has 4 nitrogen and oxygen atoms in total. The van der Waals surface area contributed by atoms with E-state index in [-0.39, 0.29) is 18.6 Å². The lowest BCUT2D eigenvalue weighted by molar-refractivity contribution is -0.120. The van der Waals surface area contributed by atoms with Crippen LogP contribution in [0.25, 0.3) is 0 Å². The number of aliphatic hydroxyl groups excluding tert-OH is 1. The molecule has 4 heteroatoms. The molecule has 1 aromatic carbocycles. The molecule has 0 aliphatic carbocycles. The van der Waals surface area contributed by atoms with Gasteiger partial charge in [0.05, 0.1) is 13.2 Å². The molecule has 0 saturated carbocycles. The van der Waals surface area contributed by atoms with Gasteiger partial charge in [0, 0.05) is 18.3 Å². The van der Waals surface area contributed by atoms with Gasteiger partial charge < -0.3 is 10.0 Å². The lowest BCUT2D eigenvalue weighted by Crippen LogP contribution is -2.44. The highest BCUT2D eigenvalue weighted by molar-refractivity contribution is 5.95. The summed E-state index contributed by atoms with van der Waals surface area (Å²) in [6.45, 7) is 3.12. The SMILES string of the molecule is CC(CO)N(C)CC(=O)N1CCCc2ccccc21. The van der Waals surface area contributed by atoms with Crippen LogP contribution in [0.1, 0.15) is 18.9 Å². The smallest absolute Gasteiger partial charge is 0.241 e. The summed E-state index contributed by atoms with van der Waals surface area (Å²) in [5.41, 5.74) is 2.30. The number of amides is 1.